The second-order valence-corrected chi connectivity index (χ2v) is 5.23. The fraction of sp³-hybridized carbons (Fsp3) is 0.231. The lowest BCUT2D eigenvalue weighted by Gasteiger charge is -2.29. The van der Waals surface area contributed by atoms with Gasteiger partial charge in [-0.25, -0.2) is 4.79 Å². The van der Waals surface area contributed by atoms with Crippen LogP contribution in [0.5, 0.6) is 0 Å². The number of carbonyl (C=O) groups excluding carboxylic acids is 1. The Bertz CT molecular complexity index is 539. The number of thioether (sulfide) groups is 1. The van der Waals surface area contributed by atoms with Crippen molar-refractivity contribution in [1.29, 1.82) is 0 Å². The molecule has 0 unspecified atom stereocenters. The number of hydrogen-bond acceptors (Lipinski definition) is 3. The normalized spacial score (nSPS) is 14.3. The van der Waals surface area contributed by atoms with Gasteiger partial charge in [0, 0.05) is 11.4 Å². The van der Waals surface area contributed by atoms with E-state index in [1.54, 1.807) is 23.1 Å². The molecule has 0 fully saturated rings. The van der Waals surface area contributed by atoms with Crippen LogP contribution in [0.3, 0.4) is 0 Å². The van der Waals surface area contributed by atoms with Crippen LogP contribution >= 0.6 is 11.8 Å². The average Bonchev–Trinajstić information content (AvgIpc) is 2.31. The van der Waals surface area contributed by atoms with Gasteiger partial charge in [-0.15, -0.1) is 11.8 Å². The first-order chi connectivity index (χ1) is 8.49. The van der Waals surface area contributed by atoms with Crippen molar-refractivity contribution in [3.63, 3.8) is 0 Å². The summed E-state index contributed by atoms with van der Waals surface area (Å²) >= 11 is 1.43. The van der Waals surface area contributed by atoms with Gasteiger partial charge in [0.15, 0.2) is 0 Å². The molecule has 0 atom stereocenters. The largest absolute Gasteiger partial charge is 0.478 e. The van der Waals surface area contributed by atoms with Crippen molar-refractivity contribution < 1.29 is 14.7 Å². The van der Waals surface area contributed by atoms with Crippen molar-refractivity contribution in [2.45, 2.75) is 11.8 Å². The number of carboxylic acid groups (broad SMARTS) is 1. The SMILES string of the molecule is C=C(C)CN1C(=O)CSc2ccc(C(=O)O)cc21. The predicted octanol–water partition coefficient (Wildman–Crippen LogP) is 2.40. The van der Waals surface area contributed by atoms with Crippen molar-refractivity contribution >= 4 is 29.3 Å². The highest BCUT2D eigenvalue weighted by Gasteiger charge is 2.25. The van der Waals surface area contributed by atoms with Crippen LogP contribution in [0.2, 0.25) is 0 Å². The van der Waals surface area contributed by atoms with Gasteiger partial charge in [0.05, 0.1) is 17.0 Å². The molecule has 1 amide bonds. The Morgan fingerprint density at radius 1 is 1.56 bits per heavy atom. The molecule has 0 saturated carbocycles. The summed E-state index contributed by atoms with van der Waals surface area (Å²) < 4.78 is 0. The Labute approximate surface area is 109 Å². The maximum atomic E-state index is 11.9. The third kappa shape index (κ3) is 2.41. The van der Waals surface area contributed by atoms with E-state index in [9.17, 15) is 9.59 Å². The van der Waals surface area contributed by atoms with Crippen LogP contribution in [0, 0.1) is 0 Å². The molecule has 1 N–H and O–H groups in total. The zero-order valence-corrected chi connectivity index (χ0v) is 10.8. The maximum Gasteiger partial charge on any atom is 0.335 e. The molecule has 0 aromatic heterocycles. The molecule has 18 heavy (non-hydrogen) atoms. The second kappa shape index (κ2) is 4.86. The van der Waals surface area contributed by atoms with E-state index in [4.69, 9.17) is 5.11 Å². The Hall–Kier alpha value is -1.75. The monoisotopic (exact) mass is 263 g/mol. The Balaban J connectivity index is 2.46. The van der Waals surface area contributed by atoms with Crippen LogP contribution in [0.1, 0.15) is 17.3 Å². The zero-order chi connectivity index (χ0) is 13.3. The molecule has 1 aliphatic rings. The number of carboxylic acids is 1. The molecule has 1 aromatic carbocycles. The predicted molar refractivity (Wildman–Crippen MR) is 71.3 cm³/mol. The van der Waals surface area contributed by atoms with Gasteiger partial charge in [-0.3, -0.25) is 4.79 Å². The van der Waals surface area contributed by atoms with E-state index in [1.165, 1.54) is 11.8 Å². The molecule has 1 aliphatic heterocycles. The van der Waals surface area contributed by atoms with Gasteiger partial charge in [0.1, 0.15) is 0 Å². The second-order valence-electron chi connectivity index (χ2n) is 4.21. The number of amides is 1. The van der Waals surface area contributed by atoms with Crippen molar-refractivity contribution in [2.75, 3.05) is 17.2 Å². The van der Waals surface area contributed by atoms with Crippen molar-refractivity contribution in [3.05, 3.63) is 35.9 Å². The van der Waals surface area contributed by atoms with E-state index >= 15 is 0 Å². The van der Waals surface area contributed by atoms with E-state index in [1.807, 2.05) is 6.92 Å². The molecule has 0 bridgehead atoms. The number of rotatable bonds is 3. The van der Waals surface area contributed by atoms with Crippen LogP contribution in [0.25, 0.3) is 0 Å². The van der Waals surface area contributed by atoms with Crippen molar-refractivity contribution in [2.24, 2.45) is 0 Å². The summed E-state index contributed by atoms with van der Waals surface area (Å²) in [5.74, 6) is -0.624. The van der Waals surface area contributed by atoms with E-state index in [2.05, 4.69) is 6.58 Å². The Morgan fingerprint density at radius 3 is 2.89 bits per heavy atom. The third-order valence-corrected chi connectivity index (χ3v) is 3.62. The quantitative estimate of drug-likeness (QED) is 0.851. The molecule has 5 heteroatoms. The molecule has 1 heterocycles. The number of hydrogen-bond donors (Lipinski definition) is 1. The Kier molecular flexibility index (Phi) is 3.43. The average molecular weight is 263 g/mol. The molecule has 0 aliphatic carbocycles. The van der Waals surface area contributed by atoms with Gasteiger partial charge < -0.3 is 10.0 Å². The Morgan fingerprint density at radius 2 is 2.28 bits per heavy atom. The smallest absolute Gasteiger partial charge is 0.335 e. The van der Waals surface area contributed by atoms with Gasteiger partial charge in [-0.2, -0.15) is 0 Å². The summed E-state index contributed by atoms with van der Waals surface area (Å²) in [6.07, 6.45) is 0. The molecule has 94 valence electrons. The lowest BCUT2D eigenvalue weighted by atomic mass is 10.1. The van der Waals surface area contributed by atoms with E-state index < -0.39 is 5.97 Å². The lowest BCUT2D eigenvalue weighted by molar-refractivity contribution is -0.116. The fourth-order valence-electron chi connectivity index (χ4n) is 1.78. The molecular formula is C13H13NO3S. The first-order valence-corrected chi connectivity index (χ1v) is 6.42. The topological polar surface area (TPSA) is 57.6 Å². The van der Waals surface area contributed by atoms with Crippen molar-refractivity contribution in [3.8, 4) is 0 Å². The molecule has 0 spiro atoms. The summed E-state index contributed by atoms with van der Waals surface area (Å²) in [5.41, 5.74) is 1.72. The van der Waals surface area contributed by atoms with Gasteiger partial charge in [-0.05, 0) is 25.1 Å². The number of anilines is 1. The highest BCUT2D eigenvalue weighted by atomic mass is 32.2. The molecule has 4 nitrogen and oxygen atoms in total. The fourth-order valence-corrected chi connectivity index (χ4v) is 2.69. The van der Waals surface area contributed by atoms with Gasteiger partial charge in [-0.1, -0.05) is 12.2 Å². The first kappa shape index (κ1) is 12.7. The zero-order valence-electron chi connectivity index (χ0n) is 9.97. The van der Waals surface area contributed by atoms with Crippen LogP contribution in [0.15, 0.2) is 35.2 Å². The standard InChI is InChI=1S/C13H13NO3S/c1-8(2)6-14-10-5-9(13(16)17)3-4-11(10)18-7-12(14)15/h3-5H,1,6-7H2,2H3,(H,16,17). The van der Waals surface area contributed by atoms with E-state index in [0.717, 1.165) is 10.5 Å². The molecule has 0 radical (unpaired) electrons. The molecule has 1 aromatic rings. The summed E-state index contributed by atoms with van der Waals surface area (Å²) in [7, 11) is 0. The summed E-state index contributed by atoms with van der Waals surface area (Å²) in [5, 5.41) is 8.99. The number of benzene rings is 1. The molecule has 0 saturated heterocycles. The minimum atomic E-state index is -0.990. The summed E-state index contributed by atoms with van der Waals surface area (Å²) in [6.45, 7) is 6.07. The summed E-state index contributed by atoms with van der Waals surface area (Å²) in [6, 6.07) is 4.86. The molecular weight excluding hydrogens is 250 g/mol. The third-order valence-electron chi connectivity index (χ3n) is 2.58. The van der Waals surface area contributed by atoms with Crippen molar-refractivity contribution in [1.82, 2.24) is 0 Å². The minimum Gasteiger partial charge on any atom is -0.478 e. The van der Waals surface area contributed by atoms with Gasteiger partial charge in [0.2, 0.25) is 5.91 Å². The van der Waals surface area contributed by atoms with E-state index in [0.29, 0.717) is 18.0 Å². The van der Waals surface area contributed by atoms with Crippen LogP contribution in [-0.2, 0) is 4.79 Å². The number of nitrogens with zero attached hydrogens (tertiary/aromatic N) is 1. The minimum absolute atomic E-state index is 0.0157. The maximum absolute atomic E-state index is 11.9. The number of aromatic carboxylic acids is 1. The van der Waals surface area contributed by atoms with Gasteiger partial charge in [0.25, 0.3) is 0 Å². The van der Waals surface area contributed by atoms with Crippen LogP contribution < -0.4 is 4.90 Å². The molecule has 2 rings (SSSR count). The number of fused-ring (bicyclic) bond motifs is 1. The first-order valence-electron chi connectivity index (χ1n) is 5.44. The highest BCUT2D eigenvalue weighted by Crippen LogP contribution is 2.36. The van der Waals surface area contributed by atoms with Crippen LogP contribution in [-0.4, -0.2) is 29.3 Å². The van der Waals surface area contributed by atoms with E-state index in [-0.39, 0.29) is 11.5 Å². The summed E-state index contributed by atoms with van der Waals surface area (Å²) in [4.78, 5) is 25.4. The van der Waals surface area contributed by atoms with Crippen LogP contribution in [0.4, 0.5) is 5.69 Å². The van der Waals surface area contributed by atoms with Gasteiger partial charge >= 0.3 is 5.97 Å². The lowest BCUT2D eigenvalue weighted by Crippen LogP contribution is -2.36. The number of carbonyl (C=O) groups is 2. The highest BCUT2D eigenvalue weighted by molar-refractivity contribution is 8.00.